The van der Waals surface area contributed by atoms with Crippen LogP contribution in [0, 0.1) is 8.83 Å². The summed E-state index contributed by atoms with van der Waals surface area (Å²) < 4.78 is 13.8. The molecule has 2 heterocycles. The molecule has 0 aliphatic rings. The molecule has 0 saturated heterocycles. The zero-order chi connectivity index (χ0) is 11.5. The highest BCUT2D eigenvalue weighted by Gasteiger charge is 2.08. The van der Waals surface area contributed by atoms with Crippen LogP contribution in [-0.2, 0) is 0 Å². The van der Waals surface area contributed by atoms with Gasteiger partial charge >= 0.3 is 0 Å². The first-order chi connectivity index (χ1) is 7.65. The second kappa shape index (κ2) is 4.88. The summed E-state index contributed by atoms with van der Waals surface area (Å²) in [4.78, 5) is 15.2. The van der Waals surface area contributed by atoms with E-state index in [0.29, 0.717) is 5.56 Å². The van der Waals surface area contributed by atoms with E-state index in [1.807, 2.05) is 0 Å². The van der Waals surface area contributed by atoms with Gasteiger partial charge in [0.05, 0.1) is 8.45 Å². The lowest BCUT2D eigenvalue weighted by Crippen LogP contribution is -2.12. The van der Waals surface area contributed by atoms with Crippen LogP contribution in [-0.4, -0.2) is 10.9 Å². The van der Waals surface area contributed by atoms with E-state index >= 15 is 0 Å². The number of carbonyl (C=O) groups excluding carboxylic acids is 1. The van der Waals surface area contributed by atoms with Crippen molar-refractivity contribution in [1.29, 1.82) is 0 Å². The highest BCUT2D eigenvalue weighted by molar-refractivity contribution is 14.1. The van der Waals surface area contributed by atoms with Gasteiger partial charge in [-0.05, 0) is 40.8 Å². The van der Waals surface area contributed by atoms with Gasteiger partial charge in [-0.15, -0.1) is 11.3 Å². The summed E-state index contributed by atoms with van der Waals surface area (Å²) >= 11 is 3.61. The van der Waals surface area contributed by atoms with E-state index in [4.69, 9.17) is 0 Å². The third kappa shape index (κ3) is 2.76. The Balaban J connectivity index is 2.13. The second-order valence-electron chi connectivity index (χ2n) is 2.94. The van der Waals surface area contributed by atoms with Crippen molar-refractivity contribution in [3.05, 3.63) is 44.0 Å². The molecule has 3 nitrogen and oxygen atoms in total. The first-order valence-corrected chi connectivity index (χ1v) is 6.29. The van der Waals surface area contributed by atoms with Crippen LogP contribution in [0.25, 0.3) is 0 Å². The summed E-state index contributed by atoms with van der Waals surface area (Å²) in [5, 5.41) is 4.27. The number of hydrogen-bond donors (Lipinski definition) is 1. The molecule has 0 unspecified atom stereocenters. The highest BCUT2D eigenvalue weighted by atomic mass is 127. The normalized spacial score (nSPS) is 10.1. The van der Waals surface area contributed by atoms with Crippen molar-refractivity contribution in [3.63, 3.8) is 0 Å². The van der Waals surface area contributed by atoms with E-state index in [0.717, 1.165) is 2.88 Å². The van der Waals surface area contributed by atoms with E-state index in [1.54, 1.807) is 11.4 Å². The predicted molar refractivity (Wildman–Crippen MR) is 69.2 cm³/mol. The van der Waals surface area contributed by atoms with E-state index < -0.39 is 5.95 Å². The number of carbonyl (C=O) groups is 1. The minimum atomic E-state index is -0.613. The number of anilines is 1. The summed E-state index contributed by atoms with van der Waals surface area (Å²) in [7, 11) is 0. The molecule has 0 aromatic carbocycles. The summed E-state index contributed by atoms with van der Waals surface area (Å²) in [6.07, 6.45) is 0. The number of rotatable bonds is 2. The summed E-state index contributed by atoms with van der Waals surface area (Å²) in [6.45, 7) is 0. The number of amides is 1. The molecule has 0 aliphatic heterocycles. The van der Waals surface area contributed by atoms with Crippen molar-refractivity contribution in [2.75, 3.05) is 5.32 Å². The molecule has 6 heteroatoms. The fraction of sp³-hybridized carbons (Fsp3) is 0. The lowest BCUT2D eigenvalue weighted by atomic mass is 10.3. The highest BCUT2D eigenvalue weighted by Crippen LogP contribution is 2.17. The molecule has 0 atom stereocenters. The van der Waals surface area contributed by atoms with Crippen molar-refractivity contribution >= 4 is 45.7 Å². The quantitative estimate of drug-likeness (QED) is 0.669. The molecule has 1 N–H and O–H groups in total. The predicted octanol–water partition coefficient (Wildman–Crippen LogP) is 3.14. The van der Waals surface area contributed by atoms with Gasteiger partial charge in [-0.1, -0.05) is 6.07 Å². The number of halogens is 2. The molecule has 0 radical (unpaired) electrons. The maximum absolute atomic E-state index is 12.8. The van der Waals surface area contributed by atoms with Gasteiger partial charge in [-0.25, -0.2) is 4.98 Å². The number of nitrogens with zero attached hydrogens (tertiary/aromatic N) is 1. The molecule has 1 amide bonds. The minimum Gasteiger partial charge on any atom is -0.306 e. The fourth-order valence-electron chi connectivity index (χ4n) is 1.10. The van der Waals surface area contributed by atoms with Crippen molar-refractivity contribution in [2.45, 2.75) is 0 Å². The van der Waals surface area contributed by atoms with Crippen molar-refractivity contribution in [1.82, 2.24) is 4.98 Å². The topological polar surface area (TPSA) is 42.0 Å². The van der Waals surface area contributed by atoms with Crippen molar-refractivity contribution in [2.24, 2.45) is 0 Å². The maximum Gasteiger partial charge on any atom is 0.257 e. The van der Waals surface area contributed by atoms with Crippen LogP contribution in [0.15, 0.2) is 29.6 Å². The molecule has 2 aromatic rings. The fourth-order valence-corrected chi connectivity index (χ4v) is 2.42. The van der Waals surface area contributed by atoms with Gasteiger partial charge in [0, 0.05) is 5.38 Å². The van der Waals surface area contributed by atoms with Gasteiger partial charge in [-0.3, -0.25) is 4.79 Å². The largest absolute Gasteiger partial charge is 0.306 e. The molecule has 0 spiro atoms. The van der Waals surface area contributed by atoms with E-state index in [2.05, 4.69) is 32.9 Å². The molecule has 0 aliphatic carbocycles. The first kappa shape index (κ1) is 11.5. The van der Waals surface area contributed by atoms with Crippen LogP contribution in [0.2, 0.25) is 0 Å². The molecular weight excluding hydrogens is 342 g/mol. The van der Waals surface area contributed by atoms with Crippen LogP contribution in [0.5, 0.6) is 0 Å². The smallest absolute Gasteiger partial charge is 0.257 e. The summed E-state index contributed by atoms with van der Waals surface area (Å²) in [5.41, 5.74) is 0.556. The van der Waals surface area contributed by atoms with Gasteiger partial charge < -0.3 is 5.32 Å². The average molecular weight is 348 g/mol. The monoisotopic (exact) mass is 348 g/mol. The Labute approximate surface area is 109 Å². The van der Waals surface area contributed by atoms with Crippen LogP contribution < -0.4 is 5.32 Å². The molecule has 16 heavy (non-hydrogen) atoms. The standard InChI is InChI=1S/C10H6FIN2OS/c11-7-2-1-3-9(13-7)14-10(15)6-4-8(12)16-5-6/h1-5H,(H,13,14,15). The van der Waals surface area contributed by atoms with Gasteiger partial charge in [0.2, 0.25) is 5.95 Å². The Kier molecular flexibility index (Phi) is 3.49. The van der Waals surface area contributed by atoms with E-state index in [1.165, 1.54) is 29.5 Å². The van der Waals surface area contributed by atoms with Gasteiger partial charge in [0.1, 0.15) is 5.82 Å². The molecular formula is C10H6FIN2OS. The number of nitrogens with one attached hydrogen (secondary N) is 1. The molecule has 2 rings (SSSR count). The van der Waals surface area contributed by atoms with Crippen molar-refractivity contribution in [3.8, 4) is 0 Å². The van der Waals surface area contributed by atoms with Gasteiger partial charge in [-0.2, -0.15) is 4.39 Å². The number of pyridine rings is 1. The Morgan fingerprint density at radius 2 is 2.31 bits per heavy atom. The average Bonchev–Trinajstić information content (AvgIpc) is 2.65. The Hall–Kier alpha value is -1.02. The van der Waals surface area contributed by atoms with Gasteiger partial charge in [0.15, 0.2) is 0 Å². The van der Waals surface area contributed by atoms with Crippen LogP contribution in [0.4, 0.5) is 10.2 Å². The van der Waals surface area contributed by atoms with E-state index in [-0.39, 0.29) is 11.7 Å². The Morgan fingerprint density at radius 1 is 1.50 bits per heavy atom. The maximum atomic E-state index is 12.8. The lowest BCUT2D eigenvalue weighted by molar-refractivity contribution is 0.102. The lowest BCUT2D eigenvalue weighted by Gasteiger charge is -2.01. The first-order valence-electron chi connectivity index (χ1n) is 4.33. The minimum absolute atomic E-state index is 0.214. The third-order valence-electron chi connectivity index (χ3n) is 1.79. The van der Waals surface area contributed by atoms with Crippen LogP contribution in [0.1, 0.15) is 10.4 Å². The zero-order valence-corrected chi connectivity index (χ0v) is 10.9. The third-order valence-corrected chi connectivity index (χ3v) is 3.58. The molecule has 0 bridgehead atoms. The van der Waals surface area contributed by atoms with E-state index in [9.17, 15) is 9.18 Å². The summed E-state index contributed by atoms with van der Waals surface area (Å²) in [5.74, 6) is -0.679. The van der Waals surface area contributed by atoms with Crippen molar-refractivity contribution < 1.29 is 9.18 Å². The number of thiophene rings is 1. The molecule has 0 fully saturated rings. The Morgan fingerprint density at radius 3 is 2.94 bits per heavy atom. The summed E-state index contributed by atoms with van der Waals surface area (Å²) in [6, 6.07) is 6.02. The molecule has 0 saturated carbocycles. The Bertz CT molecular complexity index is 529. The molecule has 82 valence electrons. The van der Waals surface area contributed by atoms with Crippen LogP contribution in [0.3, 0.4) is 0 Å². The number of hydrogen-bond acceptors (Lipinski definition) is 3. The SMILES string of the molecule is O=C(Nc1cccc(F)n1)c1csc(I)c1. The zero-order valence-electron chi connectivity index (χ0n) is 7.91. The second-order valence-corrected chi connectivity index (χ2v) is 5.74. The number of aromatic nitrogens is 1. The van der Waals surface area contributed by atoms with Gasteiger partial charge in [0.25, 0.3) is 5.91 Å². The molecule has 2 aromatic heterocycles. The van der Waals surface area contributed by atoms with Crippen LogP contribution >= 0.6 is 33.9 Å².